The Labute approximate surface area is 238 Å². The van der Waals surface area contributed by atoms with Gasteiger partial charge in [-0.05, 0) is 54.2 Å². The van der Waals surface area contributed by atoms with Crippen LogP contribution in [0, 0.1) is 5.92 Å². The summed E-state index contributed by atoms with van der Waals surface area (Å²) in [6.07, 6.45) is 0.868. The van der Waals surface area contributed by atoms with Crippen molar-refractivity contribution >= 4 is 46.5 Å². The van der Waals surface area contributed by atoms with E-state index in [2.05, 4.69) is 19.2 Å². The molecule has 0 bridgehead atoms. The SMILES string of the molecule is CC(C)Cc1ccc(C(C)C(=O)O)cc1.O=C([O-])Cc1ccccc1Nc1c(Cl)cccc1Cl.[Na+]. The molecule has 1 atom stereocenters. The van der Waals surface area contributed by atoms with Crippen molar-refractivity contribution in [2.24, 2.45) is 5.92 Å². The largest absolute Gasteiger partial charge is 1.00 e. The smallest absolute Gasteiger partial charge is 0.550 e. The topological polar surface area (TPSA) is 89.5 Å². The number of hydrogen-bond donors (Lipinski definition) is 2. The Balaban J connectivity index is 0.000000350. The number of benzene rings is 3. The first kappa shape index (κ1) is 31.0. The molecule has 0 aliphatic rings. The van der Waals surface area contributed by atoms with E-state index in [1.165, 1.54) is 5.56 Å². The van der Waals surface area contributed by atoms with Gasteiger partial charge in [-0.3, -0.25) is 4.79 Å². The average Bonchev–Trinajstić information content (AvgIpc) is 2.77. The summed E-state index contributed by atoms with van der Waals surface area (Å²) >= 11 is 12.1. The van der Waals surface area contributed by atoms with E-state index in [-0.39, 0.29) is 36.0 Å². The molecule has 0 aliphatic carbocycles. The first-order chi connectivity index (χ1) is 16.1. The zero-order valence-corrected chi connectivity index (χ0v) is 23.9. The average molecular weight is 524 g/mol. The van der Waals surface area contributed by atoms with Gasteiger partial charge in [-0.25, -0.2) is 0 Å². The molecule has 0 saturated carbocycles. The van der Waals surface area contributed by atoms with E-state index < -0.39 is 17.9 Å². The predicted octanol–water partition coefficient (Wildman–Crippen LogP) is 3.11. The second kappa shape index (κ2) is 15.2. The number of rotatable bonds is 8. The molecule has 1 unspecified atom stereocenters. The van der Waals surface area contributed by atoms with Crippen LogP contribution in [-0.2, 0) is 22.4 Å². The fourth-order valence-electron chi connectivity index (χ4n) is 3.26. The Morgan fingerprint density at radius 2 is 1.49 bits per heavy atom. The van der Waals surface area contributed by atoms with Crippen LogP contribution in [0.3, 0.4) is 0 Å². The molecule has 8 heteroatoms. The fourth-order valence-corrected chi connectivity index (χ4v) is 3.75. The Morgan fingerprint density at radius 1 is 0.914 bits per heavy atom. The van der Waals surface area contributed by atoms with Crippen LogP contribution in [0.15, 0.2) is 66.7 Å². The van der Waals surface area contributed by atoms with Gasteiger partial charge in [0.2, 0.25) is 0 Å². The van der Waals surface area contributed by atoms with Crippen LogP contribution in [0.1, 0.15) is 43.4 Å². The van der Waals surface area contributed by atoms with Crippen molar-refractivity contribution < 1.29 is 49.4 Å². The van der Waals surface area contributed by atoms with Crippen molar-refractivity contribution in [3.8, 4) is 0 Å². The predicted molar refractivity (Wildman–Crippen MR) is 136 cm³/mol. The molecule has 0 amide bonds. The Kier molecular flexibility index (Phi) is 13.4. The molecule has 0 heterocycles. The van der Waals surface area contributed by atoms with Crippen LogP contribution in [-0.4, -0.2) is 17.0 Å². The number of anilines is 2. The van der Waals surface area contributed by atoms with E-state index in [9.17, 15) is 14.7 Å². The number of carboxylic acids is 2. The molecule has 0 fully saturated rings. The molecule has 0 radical (unpaired) electrons. The maximum absolute atomic E-state index is 10.8. The first-order valence-electron chi connectivity index (χ1n) is 10.9. The van der Waals surface area contributed by atoms with Gasteiger partial charge in [-0.2, -0.15) is 0 Å². The van der Waals surface area contributed by atoms with Crippen LogP contribution in [0.25, 0.3) is 0 Å². The second-order valence-electron chi connectivity index (χ2n) is 8.33. The number of aliphatic carboxylic acids is 2. The molecule has 0 saturated heterocycles. The van der Waals surface area contributed by atoms with Crippen molar-refractivity contribution in [2.75, 3.05) is 5.32 Å². The maximum Gasteiger partial charge on any atom is 1.00 e. The van der Waals surface area contributed by atoms with Gasteiger partial charge < -0.3 is 20.3 Å². The molecule has 180 valence electrons. The van der Waals surface area contributed by atoms with Crippen molar-refractivity contribution in [1.29, 1.82) is 0 Å². The van der Waals surface area contributed by atoms with Gasteiger partial charge in [0.05, 0.1) is 21.7 Å². The Hall–Kier alpha value is -2.02. The van der Waals surface area contributed by atoms with E-state index in [1.54, 1.807) is 49.4 Å². The number of hydrogen-bond acceptors (Lipinski definition) is 4. The molecule has 3 aromatic carbocycles. The summed E-state index contributed by atoms with van der Waals surface area (Å²) in [6, 6.07) is 20.1. The van der Waals surface area contributed by atoms with Gasteiger partial charge in [0.15, 0.2) is 0 Å². The fraction of sp³-hybridized carbons (Fsp3) is 0.259. The minimum absolute atomic E-state index is 0. The van der Waals surface area contributed by atoms with Gasteiger partial charge >= 0.3 is 35.5 Å². The molecule has 2 N–H and O–H groups in total. The summed E-state index contributed by atoms with van der Waals surface area (Å²) < 4.78 is 0. The van der Waals surface area contributed by atoms with Crippen LogP contribution in [0.5, 0.6) is 0 Å². The van der Waals surface area contributed by atoms with Crippen molar-refractivity contribution in [1.82, 2.24) is 0 Å². The zero-order chi connectivity index (χ0) is 25.3. The zero-order valence-electron chi connectivity index (χ0n) is 20.3. The second-order valence-corrected chi connectivity index (χ2v) is 9.14. The van der Waals surface area contributed by atoms with Gasteiger partial charge in [-0.1, -0.05) is 85.6 Å². The number of carbonyl (C=O) groups is 2. The molecular weight excluding hydrogens is 496 g/mol. The van der Waals surface area contributed by atoms with E-state index in [1.807, 2.05) is 24.3 Å². The molecule has 3 rings (SSSR count). The number of halogens is 2. The maximum atomic E-state index is 10.8. The molecule has 0 spiro atoms. The van der Waals surface area contributed by atoms with Gasteiger partial charge in [0, 0.05) is 18.1 Å². The molecule has 35 heavy (non-hydrogen) atoms. The number of para-hydroxylation sites is 2. The quantitative estimate of drug-likeness (QED) is 0.443. The normalized spacial score (nSPS) is 11.0. The minimum atomic E-state index is -1.14. The van der Waals surface area contributed by atoms with Gasteiger partial charge in [0.25, 0.3) is 0 Å². The van der Waals surface area contributed by atoms with E-state index in [0.29, 0.717) is 32.9 Å². The van der Waals surface area contributed by atoms with E-state index in [0.717, 1.165) is 12.0 Å². The van der Waals surface area contributed by atoms with Crippen LogP contribution in [0.4, 0.5) is 11.4 Å². The number of carboxylic acid groups (broad SMARTS) is 2. The monoisotopic (exact) mass is 523 g/mol. The number of nitrogens with one attached hydrogen (secondary N) is 1. The minimum Gasteiger partial charge on any atom is -0.550 e. The summed E-state index contributed by atoms with van der Waals surface area (Å²) in [6.45, 7) is 6.06. The third-order valence-electron chi connectivity index (χ3n) is 5.07. The van der Waals surface area contributed by atoms with E-state index in [4.69, 9.17) is 28.3 Å². The summed E-state index contributed by atoms with van der Waals surface area (Å²) in [7, 11) is 0. The van der Waals surface area contributed by atoms with Crippen LogP contribution in [0.2, 0.25) is 10.0 Å². The van der Waals surface area contributed by atoms with Gasteiger partial charge in [-0.15, -0.1) is 0 Å². The molecule has 3 aromatic rings. The molecular formula is C27H28Cl2NNaO4. The van der Waals surface area contributed by atoms with Crippen LogP contribution >= 0.6 is 23.2 Å². The third-order valence-corrected chi connectivity index (χ3v) is 5.70. The summed E-state index contributed by atoms with van der Waals surface area (Å²) in [4.78, 5) is 21.5. The third kappa shape index (κ3) is 10.2. The van der Waals surface area contributed by atoms with Gasteiger partial charge in [0.1, 0.15) is 0 Å². The van der Waals surface area contributed by atoms with Crippen molar-refractivity contribution in [3.05, 3.63) is 93.5 Å². The standard InChI is InChI=1S/C14H11Cl2NO2.C13H18O2.Na/c15-10-5-3-6-11(16)14(10)17-12-7-2-1-4-9(12)8-13(18)19;1-9(2)8-11-4-6-12(7-5-11)10(3)13(14)15;/h1-7,17H,8H2,(H,18,19);4-7,9-10H,8H2,1-3H3,(H,14,15);/q;;+1/p-1. The Bertz CT molecular complexity index is 1100. The van der Waals surface area contributed by atoms with Crippen molar-refractivity contribution in [2.45, 2.75) is 39.5 Å². The summed E-state index contributed by atoms with van der Waals surface area (Å²) in [5.41, 5.74) is 3.94. The number of carbonyl (C=O) groups excluding carboxylic acids is 1. The summed E-state index contributed by atoms with van der Waals surface area (Å²) in [5.74, 6) is -1.70. The van der Waals surface area contributed by atoms with Crippen LogP contribution < -0.4 is 40.0 Å². The molecule has 0 aliphatic heterocycles. The van der Waals surface area contributed by atoms with Crippen molar-refractivity contribution in [3.63, 3.8) is 0 Å². The Morgan fingerprint density at radius 3 is 2.00 bits per heavy atom. The molecule has 0 aromatic heterocycles. The molecule has 5 nitrogen and oxygen atoms in total. The summed E-state index contributed by atoms with van der Waals surface area (Å²) in [5, 5.41) is 23.6. The van der Waals surface area contributed by atoms with E-state index >= 15 is 0 Å². The first-order valence-corrected chi connectivity index (χ1v) is 11.6.